The number of hydrogen-bond acceptors (Lipinski definition) is 4. The van der Waals surface area contributed by atoms with E-state index in [9.17, 15) is 0 Å². The molecule has 0 radical (unpaired) electrons. The van der Waals surface area contributed by atoms with Crippen molar-refractivity contribution in [3.05, 3.63) is 24.0 Å². The van der Waals surface area contributed by atoms with E-state index in [1.807, 2.05) is 0 Å². The molecule has 0 atom stereocenters. The lowest BCUT2D eigenvalue weighted by atomic mass is 10.4. The summed E-state index contributed by atoms with van der Waals surface area (Å²) in [6, 6.07) is 0. The predicted octanol–water partition coefficient (Wildman–Crippen LogP) is -0.348. The van der Waals surface area contributed by atoms with Gasteiger partial charge in [0.1, 0.15) is 0 Å². The lowest BCUT2D eigenvalue weighted by molar-refractivity contribution is -0.122. The van der Waals surface area contributed by atoms with E-state index < -0.39 is 0 Å². The van der Waals surface area contributed by atoms with Crippen molar-refractivity contribution in [3.63, 3.8) is 0 Å². The zero-order valence-corrected chi connectivity index (χ0v) is 5.90. The first-order valence-corrected chi connectivity index (χ1v) is 2.65. The molecular weight excluding hydrogens is 146 g/mol. The Morgan fingerprint density at radius 2 is 2.00 bits per heavy atom. The molecule has 0 bridgehead atoms. The van der Waals surface area contributed by atoms with E-state index >= 15 is 0 Å². The van der Waals surface area contributed by atoms with Gasteiger partial charge in [-0.05, 0) is 18.4 Å². The lowest BCUT2D eigenvalue weighted by Gasteiger charge is -1.83. The van der Waals surface area contributed by atoms with Gasteiger partial charge in [0, 0.05) is 11.9 Å². The van der Waals surface area contributed by atoms with E-state index in [-0.39, 0.29) is 6.47 Å². The highest BCUT2D eigenvalue weighted by Crippen LogP contribution is 1.79. The third kappa shape index (κ3) is 17.9. The molecule has 11 heavy (non-hydrogen) atoms. The second kappa shape index (κ2) is 11.1. The van der Waals surface area contributed by atoms with Gasteiger partial charge in [0.2, 0.25) is 0 Å². The summed E-state index contributed by atoms with van der Waals surface area (Å²) in [5, 5.41) is 13.4. The summed E-state index contributed by atoms with van der Waals surface area (Å²) in [4.78, 5) is 8.36. The normalized spacial score (nSPS) is 10.0. The minimum atomic E-state index is -0.250. The van der Waals surface area contributed by atoms with E-state index in [1.165, 1.54) is 18.4 Å². The highest BCUT2D eigenvalue weighted by molar-refractivity contribution is 5.69. The summed E-state index contributed by atoms with van der Waals surface area (Å²) in [7, 11) is 0. The first kappa shape index (κ1) is 12.0. The van der Waals surface area contributed by atoms with E-state index in [0.717, 1.165) is 6.21 Å². The number of nitrogens with two attached hydrogens (primary N) is 2. The fourth-order valence-electron chi connectivity index (χ4n) is 0.263. The molecule has 0 amide bonds. The molecule has 0 rings (SSSR count). The molecule has 0 aliphatic heterocycles. The fraction of sp³-hybridized carbons (Fsp3) is 0. The van der Waals surface area contributed by atoms with Crippen LogP contribution < -0.4 is 11.5 Å². The number of rotatable bonds is 2. The summed E-state index contributed by atoms with van der Waals surface area (Å²) in [5.74, 6) is 0. The molecule has 0 saturated carbocycles. The van der Waals surface area contributed by atoms with Crippen LogP contribution in [0, 0.1) is 5.41 Å². The zero-order chi connectivity index (χ0) is 9.11. The van der Waals surface area contributed by atoms with Crippen LogP contribution in [0.25, 0.3) is 0 Å². The second-order valence-electron chi connectivity index (χ2n) is 1.30. The van der Waals surface area contributed by atoms with Gasteiger partial charge in [-0.25, -0.2) is 0 Å². The van der Waals surface area contributed by atoms with Crippen LogP contribution in [0.2, 0.25) is 0 Å². The molecule has 0 spiro atoms. The van der Waals surface area contributed by atoms with Gasteiger partial charge in [-0.1, -0.05) is 0 Å². The maximum Gasteiger partial charge on any atom is 0.290 e. The molecule has 0 heterocycles. The lowest BCUT2D eigenvalue weighted by Crippen LogP contribution is -1.93. The largest absolute Gasteiger partial charge is 0.483 e. The van der Waals surface area contributed by atoms with Crippen molar-refractivity contribution in [2.45, 2.75) is 0 Å². The molecule has 0 aromatic carbocycles. The molecule has 5 heteroatoms. The van der Waals surface area contributed by atoms with Gasteiger partial charge in [0.25, 0.3) is 6.47 Å². The second-order valence-corrected chi connectivity index (χ2v) is 1.30. The summed E-state index contributed by atoms with van der Waals surface area (Å²) >= 11 is 0. The molecule has 0 unspecified atom stereocenters. The molecule has 0 aromatic rings. The van der Waals surface area contributed by atoms with Crippen LogP contribution in [0.5, 0.6) is 0 Å². The Morgan fingerprint density at radius 3 is 2.27 bits per heavy atom. The molecule has 6 N–H and O–H groups in total. The minimum absolute atomic E-state index is 0.250. The van der Waals surface area contributed by atoms with Crippen LogP contribution in [0.1, 0.15) is 0 Å². The molecule has 0 aliphatic rings. The van der Waals surface area contributed by atoms with Crippen LogP contribution in [0.4, 0.5) is 0 Å². The van der Waals surface area contributed by atoms with Gasteiger partial charge in [0.15, 0.2) is 0 Å². The Hall–Kier alpha value is -1.78. The molecule has 0 aliphatic carbocycles. The third-order valence-electron chi connectivity index (χ3n) is 0.564. The Labute approximate surface area is 64.5 Å². The number of hydrogen-bond donors (Lipinski definition) is 4. The van der Waals surface area contributed by atoms with Gasteiger partial charge >= 0.3 is 0 Å². The van der Waals surface area contributed by atoms with Gasteiger partial charge in [-0.2, -0.15) is 0 Å². The molecule has 0 fully saturated rings. The van der Waals surface area contributed by atoms with Gasteiger partial charge in [0.05, 0.1) is 0 Å². The van der Waals surface area contributed by atoms with Gasteiger partial charge in [-0.3, -0.25) is 4.79 Å². The Kier molecular flexibility index (Phi) is 12.0. The van der Waals surface area contributed by atoms with Gasteiger partial charge in [-0.15, -0.1) is 0 Å². The Balaban J connectivity index is 0. The van der Waals surface area contributed by atoms with Crippen molar-refractivity contribution in [1.82, 2.24) is 0 Å². The molecule has 5 nitrogen and oxygen atoms in total. The first-order chi connectivity index (χ1) is 5.22. The van der Waals surface area contributed by atoms with Crippen molar-refractivity contribution >= 4 is 12.7 Å². The topological polar surface area (TPSA) is 113 Å². The number of nitrogens with one attached hydrogen (secondary N) is 1. The van der Waals surface area contributed by atoms with E-state index in [4.69, 9.17) is 26.8 Å². The smallest absolute Gasteiger partial charge is 0.290 e. The average molecular weight is 157 g/mol. The number of carbonyl (C=O) groups is 1. The molecule has 62 valence electrons. The van der Waals surface area contributed by atoms with Crippen LogP contribution in [-0.2, 0) is 4.79 Å². The number of carboxylic acid groups (broad SMARTS) is 1. The van der Waals surface area contributed by atoms with Crippen LogP contribution in [0.15, 0.2) is 24.0 Å². The highest BCUT2D eigenvalue weighted by atomic mass is 16.3. The molecule has 0 saturated heterocycles. The standard InChI is InChI=1S/C5H9N3.CH2O2/c6-3-1-5(8)2-4-7;2-1-3/h1-4,6H,7-8H2;1H,(H,2,3)/b4-2-,5-1-,6-3?;. The van der Waals surface area contributed by atoms with Gasteiger partial charge < -0.3 is 22.0 Å². The Bertz CT molecular complexity index is 163. The first-order valence-electron chi connectivity index (χ1n) is 2.65. The quantitative estimate of drug-likeness (QED) is 0.249. The third-order valence-corrected chi connectivity index (χ3v) is 0.564. The van der Waals surface area contributed by atoms with Crippen LogP contribution >= 0.6 is 0 Å². The summed E-state index contributed by atoms with van der Waals surface area (Å²) in [5.41, 5.74) is 10.7. The Morgan fingerprint density at radius 1 is 1.55 bits per heavy atom. The van der Waals surface area contributed by atoms with Crippen molar-refractivity contribution in [1.29, 1.82) is 5.41 Å². The maximum atomic E-state index is 8.36. The predicted molar refractivity (Wildman–Crippen MR) is 43.1 cm³/mol. The molecular formula is C6H11N3O2. The van der Waals surface area contributed by atoms with Crippen LogP contribution in [0.3, 0.4) is 0 Å². The monoisotopic (exact) mass is 157 g/mol. The highest BCUT2D eigenvalue weighted by Gasteiger charge is 1.73. The van der Waals surface area contributed by atoms with Crippen molar-refractivity contribution in [3.8, 4) is 0 Å². The van der Waals surface area contributed by atoms with E-state index in [2.05, 4.69) is 0 Å². The van der Waals surface area contributed by atoms with E-state index in [1.54, 1.807) is 0 Å². The number of allylic oxidation sites excluding steroid dienone is 2. The van der Waals surface area contributed by atoms with E-state index in [0.29, 0.717) is 5.70 Å². The summed E-state index contributed by atoms with van der Waals surface area (Å²) in [6.07, 6.45) is 5.40. The van der Waals surface area contributed by atoms with Crippen molar-refractivity contribution in [2.24, 2.45) is 11.5 Å². The zero-order valence-electron chi connectivity index (χ0n) is 5.90. The summed E-state index contributed by atoms with van der Waals surface area (Å²) in [6.45, 7) is -0.250. The SMILES string of the molecule is N=C/C=C(N)/C=C\N.O=CO. The molecule has 0 aromatic heterocycles. The fourth-order valence-corrected chi connectivity index (χ4v) is 0.263. The average Bonchev–Trinajstić information content (AvgIpc) is 1.90. The summed E-state index contributed by atoms with van der Waals surface area (Å²) < 4.78 is 0. The van der Waals surface area contributed by atoms with Crippen molar-refractivity contribution < 1.29 is 9.90 Å². The maximum absolute atomic E-state index is 8.36. The van der Waals surface area contributed by atoms with Crippen LogP contribution in [-0.4, -0.2) is 17.8 Å². The minimum Gasteiger partial charge on any atom is -0.483 e. The van der Waals surface area contributed by atoms with Crippen molar-refractivity contribution in [2.75, 3.05) is 0 Å².